The van der Waals surface area contributed by atoms with E-state index in [1.54, 1.807) is 22.8 Å². The van der Waals surface area contributed by atoms with E-state index in [0.717, 1.165) is 17.4 Å². The SMILES string of the molecule is O=C(CSc1nnc(-c2ccccc2F)n1-c1ccccc1)Nc1ccc(F)c(Cl)c1. The number of nitrogens with zero attached hydrogens (tertiary/aromatic N) is 3. The van der Waals surface area contributed by atoms with Gasteiger partial charge in [0.2, 0.25) is 5.91 Å². The summed E-state index contributed by atoms with van der Waals surface area (Å²) >= 11 is 6.89. The molecule has 5 nitrogen and oxygen atoms in total. The average Bonchev–Trinajstić information content (AvgIpc) is 3.19. The highest BCUT2D eigenvalue weighted by molar-refractivity contribution is 7.99. The molecule has 0 aliphatic rings. The van der Waals surface area contributed by atoms with Gasteiger partial charge >= 0.3 is 0 Å². The van der Waals surface area contributed by atoms with E-state index < -0.39 is 11.6 Å². The molecular weight excluding hydrogens is 442 g/mol. The number of hydrogen-bond acceptors (Lipinski definition) is 4. The second-order valence-electron chi connectivity index (χ2n) is 6.42. The minimum Gasteiger partial charge on any atom is -0.325 e. The zero-order valence-electron chi connectivity index (χ0n) is 15.9. The summed E-state index contributed by atoms with van der Waals surface area (Å²) in [5.41, 5.74) is 1.42. The smallest absolute Gasteiger partial charge is 0.234 e. The molecule has 0 bridgehead atoms. The molecule has 0 radical (unpaired) electrons. The Morgan fingerprint density at radius 3 is 2.45 bits per heavy atom. The van der Waals surface area contributed by atoms with Crippen molar-refractivity contribution in [3.05, 3.63) is 89.5 Å². The minimum atomic E-state index is -0.564. The number of para-hydroxylation sites is 1. The van der Waals surface area contributed by atoms with E-state index in [4.69, 9.17) is 11.6 Å². The molecule has 4 aromatic rings. The normalized spacial score (nSPS) is 10.8. The van der Waals surface area contributed by atoms with Crippen molar-refractivity contribution in [1.29, 1.82) is 0 Å². The van der Waals surface area contributed by atoms with Gasteiger partial charge in [-0.15, -0.1) is 10.2 Å². The van der Waals surface area contributed by atoms with Gasteiger partial charge in [-0.25, -0.2) is 8.78 Å². The second-order valence-corrected chi connectivity index (χ2v) is 7.77. The van der Waals surface area contributed by atoms with Gasteiger partial charge in [0.15, 0.2) is 11.0 Å². The number of aromatic nitrogens is 3. The van der Waals surface area contributed by atoms with Gasteiger partial charge in [0, 0.05) is 11.4 Å². The Labute approximate surface area is 186 Å². The van der Waals surface area contributed by atoms with E-state index in [0.29, 0.717) is 22.2 Å². The van der Waals surface area contributed by atoms with Crippen LogP contribution in [0.3, 0.4) is 0 Å². The van der Waals surface area contributed by atoms with Gasteiger partial charge in [0.1, 0.15) is 11.6 Å². The van der Waals surface area contributed by atoms with Crippen LogP contribution in [0.2, 0.25) is 5.02 Å². The molecule has 31 heavy (non-hydrogen) atoms. The van der Waals surface area contributed by atoms with Crippen LogP contribution in [0, 0.1) is 11.6 Å². The summed E-state index contributed by atoms with van der Waals surface area (Å²) in [7, 11) is 0. The summed E-state index contributed by atoms with van der Waals surface area (Å²) in [5, 5.41) is 11.3. The van der Waals surface area contributed by atoms with Gasteiger partial charge in [0.25, 0.3) is 0 Å². The lowest BCUT2D eigenvalue weighted by Gasteiger charge is -2.11. The van der Waals surface area contributed by atoms with Gasteiger partial charge in [-0.1, -0.05) is 53.7 Å². The van der Waals surface area contributed by atoms with Crippen LogP contribution in [-0.4, -0.2) is 26.4 Å². The fourth-order valence-corrected chi connectivity index (χ4v) is 3.82. The number of thioether (sulfide) groups is 1. The Hall–Kier alpha value is -3.23. The van der Waals surface area contributed by atoms with Gasteiger partial charge in [-0.2, -0.15) is 0 Å². The van der Waals surface area contributed by atoms with E-state index in [9.17, 15) is 13.6 Å². The zero-order chi connectivity index (χ0) is 21.8. The lowest BCUT2D eigenvalue weighted by Crippen LogP contribution is -2.14. The molecule has 1 amide bonds. The van der Waals surface area contributed by atoms with Crippen LogP contribution in [0.5, 0.6) is 0 Å². The molecule has 0 fully saturated rings. The molecule has 0 saturated carbocycles. The number of amides is 1. The molecule has 1 aromatic heterocycles. The third-order valence-electron chi connectivity index (χ3n) is 4.30. The lowest BCUT2D eigenvalue weighted by molar-refractivity contribution is -0.113. The number of hydrogen-bond donors (Lipinski definition) is 1. The number of benzene rings is 3. The summed E-state index contributed by atoms with van der Waals surface area (Å²) in [6, 6.07) is 19.5. The van der Waals surface area contributed by atoms with Crippen molar-refractivity contribution in [2.45, 2.75) is 5.16 Å². The summed E-state index contributed by atoms with van der Waals surface area (Å²) in [6.07, 6.45) is 0. The predicted octanol–water partition coefficient (Wildman–Crippen LogP) is 5.60. The van der Waals surface area contributed by atoms with Crippen molar-refractivity contribution in [1.82, 2.24) is 14.8 Å². The average molecular weight is 457 g/mol. The Morgan fingerprint density at radius 1 is 0.968 bits per heavy atom. The zero-order valence-corrected chi connectivity index (χ0v) is 17.5. The number of nitrogens with one attached hydrogen (secondary N) is 1. The fourth-order valence-electron chi connectivity index (χ4n) is 2.89. The van der Waals surface area contributed by atoms with Crippen molar-refractivity contribution in [3.63, 3.8) is 0 Å². The Bertz CT molecular complexity index is 1230. The monoisotopic (exact) mass is 456 g/mol. The summed E-state index contributed by atoms with van der Waals surface area (Å²) < 4.78 is 29.4. The quantitative estimate of drug-likeness (QED) is 0.384. The molecule has 0 saturated heterocycles. The van der Waals surface area contributed by atoms with Crippen molar-refractivity contribution >= 4 is 35.0 Å². The minimum absolute atomic E-state index is 0.0111. The number of halogens is 3. The molecule has 4 rings (SSSR count). The third-order valence-corrected chi connectivity index (χ3v) is 5.52. The Balaban J connectivity index is 1.59. The molecule has 1 N–H and O–H groups in total. The van der Waals surface area contributed by atoms with Crippen molar-refractivity contribution < 1.29 is 13.6 Å². The first-order valence-corrected chi connectivity index (χ1v) is 10.5. The van der Waals surface area contributed by atoms with E-state index in [-0.39, 0.29) is 16.7 Å². The molecule has 9 heteroatoms. The summed E-state index contributed by atoms with van der Waals surface area (Å²) in [6.45, 7) is 0. The maximum atomic E-state index is 14.4. The summed E-state index contributed by atoms with van der Waals surface area (Å²) in [4.78, 5) is 12.4. The molecular formula is C22H15ClF2N4OS. The molecule has 0 atom stereocenters. The van der Waals surface area contributed by atoms with Gasteiger partial charge < -0.3 is 5.32 Å². The van der Waals surface area contributed by atoms with E-state index in [2.05, 4.69) is 15.5 Å². The fraction of sp³-hybridized carbons (Fsp3) is 0.0455. The van der Waals surface area contributed by atoms with Gasteiger partial charge in [-0.3, -0.25) is 9.36 Å². The molecule has 156 valence electrons. The molecule has 3 aromatic carbocycles. The number of anilines is 1. The second kappa shape index (κ2) is 9.28. The lowest BCUT2D eigenvalue weighted by atomic mass is 10.2. The molecule has 0 unspecified atom stereocenters. The van der Waals surface area contributed by atoms with Crippen molar-refractivity contribution in [2.24, 2.45) is 0 Å². The first-order chi connectivity index (χ1) is 15.0. The van der Waals surface area contributed by atoms with E-state index >= 15 is 0 Å². The van der Waals surface area contributed by atoms with Crippen LogP contribution < -0.4 is 5.32 Å². The highest BCUT2D eigenvalue weighted by Crippen LogP contribution is 2.29. The maximum absolute atomic E-state index is 14.4. The third kappa shape index (κ3) is 4.76. The van der Waals surface area contributed by atoms with Crippen molar-refractivity contribution in [2.75, 3.05) is 11.1 Å². The van der Waals surface area contributed by atoms with E-state index in [1.165, 1.54) is 24.3 Å². The first kappa shape index (κ1) is 21.0. The van der Waals surface area contributed by atoms with Crippen LogP contribution in [0.15, 0.2) is 78.0 Å². The first-order valence-electron chi connectivity index (χ1n) is 9.16. The van der Waals surface area contributed by atoms with Crippen LogP contribution in [0.4, 0.5) is 14.5 Å². The highest BCUT2D eigenvalue weighted by Gasteiger charge is 2.19. The highest BCUT2D eigenvalue weighted by atomic mass is 35.5. The Morgan fingerprint density at radius 2 is 1.71 bits per heavy atom. The van der Waals surface area contributed by atoms with Gasteiger partial charge in [0.05, 0.1) is 16.3 Å². The topological polar surface area (TPSA) is 59.8 Å². The largest absolute Gasteiger partial charge is 0.325 e. The van der Waals surface area contributed by atoms with Crippen LogP contribution in [0.25, 0.3) is 17.1 Å². The predicted molar refractivity (Wildman–Crippen MR) is 118 cm³/mol. The van der Waals surface area contributed by atoms with Crippen molar-refractivity contribution in [3.8, 4) is 17.1 Å². The number of carbonyl (C=O) groups is 1. The molecule has 1 heterocycles. The van der Waals surface area contributed by atoms with Crippen LogP contribution in [-0.2, 0) is 4.79 Å². The number of carbonyl (C=O) groups excluding carboxylic acids is 1. The van der Waals surface area contributed by atoms with Gasteiger partial charge in [-0.05, 0) is 42.5 Å². The standard InChI is InChI=1S/C22H15ClF2N4OS/c23-17-12-14(10-11-19(17)25)26-20(30)13-31-22-28-27-21(16-8-4-5-9-18(16)24)29(22)15-6-2-1-3-7-15/h1-12H,13H2,(H,26,30). The molecule has 0 aliphatic carbocycles. The van der Waals surface area contributed by atoms with E-state index in [1.807, 2.05) is 30.3 Å². The summed E-state index contributed by atoms with van der Waals surface area (Å²) in [5.74, 6) is -0.975. The molecule has 0 spiro atoms. The van der Waals surface area contributed by atoms with Crippen LogP contribution >= 0.6 is 23.4 Å². The Kier molecular flexibility index (Phi) is 6.29. The van der Waals surface area contributed by atoms with Crippen LogP contribution in [0.1, 0.15) is 0 Å². The molecule has 0 aliphatic heterocycles. The number of rotatable bonds is 6. The maximum Gasteiger partial charge on any atom is 0.234 e.